The van der Waals surface area contributed by atoms with Gasteiger partial charge >= 0.3 is 0 Å². The average Bonchev–Trinajstić information content (AvgIpc) is 2.76. The summed E-state index contributed by atoms with van der Waals surface area (Å²) in [7, 11) is 0. The summed E-state index contributed by atoms with van der Waals surface area (Å²) in [5, 5.41) is 11.3. The molecule has 1 aliphatic heterocycles. The number of hydroxylamine groups is 1. The lowest BCUT2D eigenvalue weighted by Crippen LogP contribution is -2.45. The molecule has 1 aliphatic rings. The smallest absolute Gasteiger partial charge is 0.250 e. The molecule has 0 saturated carbocycles. The molecule has 2 amide bonds. The predicted octanol–water partition coefficient (Wildman–Crippen LogP) is 0.203. The lowest BCUT2D eigenvalue weighted by molar-refractivity contribution is -0.134. The van der Waals surface area contributed by atoms with Gasteiger partial charge in [0.25, 0.3) is 5.91 Å². The number of unbranched alkanes of at least 4 members (excludes halogenated alkanes) is 2. The molecule has 0 spiro atoms. The molecule has 6 heteroatoms. The highest BCUT2D eigenvalue weighted by molar-refractivity contribution is 5.81. The molecule has 0 aromatic rings. The van der Waals surface area contributed by atoms with E-state index in [4.69, 9.17) is 9.94 Å². The minimum atomic E-state index is -0.513. The Morgan fingerprint density at radius 3 is 2.76 bits per heavy atom. The third-order valence-corrected chi connectivity index (χ3v) is 2.88. The first kappa shape index (κ1) is 13.9. The highest BCUT2D eigenvalue weighted by Gasteiger charge is 2.34. The molecule has 1 saturated heterocycles. The van der Waals surface area contributed by atoms with Gasteiger partial charge in [-0.25, -0.2) is 5.48 Å². The second-order valence-corrected chi connectivity index (χ2v) is 4.25. The van der Waals surface area contributed by atoms with Crippen LogP contribution in [0.25, 0.3) is 0 Å². The Morgan fingerprint density at radius 1 is 1.35 bits per heavy atom. The van der Waals surface area contributed by atoms with Crippen molar-refractivity contribution in [3.05, 3.63) is 0 Å². The number of nitrogens with one attached hydrogen (secondary N) is 2. The Kier molecular flexibility index (Phi) is 5.93. The third kappa shape index (κ3) is 4.32. The molecule has 0 bridgehead atoms. The van der Waals surface area contributed by atoms with Gasteiger partial charge in [-0.05, 0) is 6.42 Å². The topological polar surface area (TPSA) is 87.7 Å². The molecule has 1 fully saturated rings. The van der Waals surface area contributed by atoms with Crippen LogP contribution in [0.5, 0.6) is 0 Å². The van der Waals surface area contributed by atoms with Crippen LogP contribution in [0.3, 0.4) is 0 Å². The van der Waals surface area contributed by atoms with Gasteiger partial charge in [-0.3, -0.25) is 14.8 Å². The van der Waals surface area contributed by atoms with Gasteiger partial charge in [-0.15, -0.1) is 0 Å². The van der Waals surface area contributed by atoms with E-state index in [0.717, 1.165) is 19.3 Å². The molecule has 6 nitrogen and oxygen atoms in total. The molecule has 0 aromatic heterocycles. The van der Waals surface area contributed by atoms with Crippen molar-refractivity contribution in [2.75, 3.05) is 13.2 Å². The van der Waals surface area contributed by atoms with E-state index in [1.54, 1.807) is 5.48 Å². The Bertz CT molecular complexity index is 270. The quantitative estimate of drug-likeness (QED) is 0.354. The summed E-state index contributed by atoms with van der Waals surface area (Å²) in [6.45, 7) is 2.62. The summed E-state index contributed by atoms with van der Waals surface area (Å²) in [5.41, 5.74) is 1.59. The fourth-order valence-corrected chi connectivity index (χ4v) is 1.85. The Labute approximate surface area is 101 Å². The summed E-state index contributed by atoms with van der Waals surface area (Å²) >= 11 is 0. The molecule has 17 heavy (non-hydrogen) atoms. The van der Waals surface area contributed by atoms with Crippen LogP contribution in [-0.4, -0.2) is 36.3 Å². The van der Waals surface area contributed by atoms with E-state index < -0.39 is 11.8 Å². The van der Waals surface area contributed by atoms with Crippen LogP contribution in [-0.2, 0) is 14.3 Å². The van der Waals surface area contributed by atoms with Crippen molar-refractivity contribution >= 4 is 11.8 Å². The summed E-state index contributed by atoms with van der Waals surface area (Å²) < 4.78 is 5.13. The number of hydrogen-bond acceptors (Lipinski definition) is 4. The summed E-state index contributed by atoms with van der Waals surface area (Å²) in [4.78, 5) is 22.8. The number of ether oxygens (including phenoxy) is 1. The monoisotopic (exact) mass is 244 g/mol. The minimum absolute atomic E-state index is 0.0651. The Balaban J connectivity index is 2.34. The van der Waals surface area contributed by atoms with Gasteiger partial charge in [-0.1, -0.05) is 19.8 Å². The first-order chi connectivity index (χ1) is 8.19. The first-order valence-electron chi connectivity index (χ1n) is 6.00. The summed E-state index contributed by atoms with van der Waals surface area (Å²) in [6.07, 6.45) is 3.41. The zero-order valence-electron chi connectivity index (χ0n) is 10.1. The van der Waals surface area contributed by atoms with E-state index in [1.165, 1.54) is 0 Å². The molecule has 0 aromatic carbocycles. The summed E-state index contributed by atoms with van der Waals surface area (Å²) in [5.74, 6) is -1.08. The molecule has 0 unspecified atom stereocenters. The maximum atomic E-state index is 11.6. The fourth-order valence-electron chi connectivity index (χ4n) is 1.85. The fraction of sp³-hybridized carbons (Fsp3) is 0.818. The van der Waals surface area contributed by atoms with Crippen LogP contribution in [0.4, 0.5) is 0 Å². The molecule has 3 N–H and O–H groups in total. The van der Waals surface area contributed by atoms with Gasteiger partial charge in [0.1, 0.15) is 0 Å². The van der Waals surface area contributed by atoms with Crippen molar-refractivity contribution in [1.82, 2.24) is 10.8 Å². The zero-order chi connectivity index (χ0) is 12.7. The Hall–Kier alpha value is -1.14. The number of hydrogen-bond donors (Lipinski definition) is 3. The highest BCUT2D eigenvalue weighted by Crippen LogP contribution is 2.14. The van der Waals surface area contributed by atoms with E-state index in [1.807, 2.05) is 0 Å². The minimum Gasteiger partial charge on any atom is -0.378 e. The number of amides is 2. The van der Waals surface area contributed by atoms with Gasteiger partial charge < -0.3 is 10.1 Å². The van der Waals surface area contributed by atoms with Crippen LogP contribution in [0.15, 0.2) is 0 Å². The lowest BCUT2D eigenvalue weighted by Gasteiger charge is -2.17. The van der Waals surface area contributed by atoms with Crippen molar-refractivity contribution in [1.29, 1.82) is 0 Å². The number of carbonyl (C=O) groups is 2. The number of rotatable bonds is 6. The van der Waals surface area contributed by atoms with Crippen molar-refractivity contribution < 1.29 is 19.5 Å². The van der Waals surface area contributed by atoms with Crippen molar-refractivity contribution in [2.24, 2.45) is 5.92 Å². The second-order valence-electron chi connectivity index (χ2n) is 4.25. The molecule has 2 atom stereocenters. The standard InChI is InChI=1S/C11H20N2O4/c1-2-3-4-5-10(14)12-9-7-17-6-8(9)11(15)13-16/h8-9,16H,2-7H2,1H3,(H,12,14)(H,13,15)/t8-,9+/m0/s1. The lowest BCUT2D eigenvalue weighted by atomic mass is 10.0. The SMILES string of the molecule is CCCCCC(=O)N[C@@H]1COC[C@@H]1C(=O)NO. The van der Waals surface area contributed by atoms with E-state index in [-0.39, 0.29) is 18.6 Å². The van der Waals surface area contributed by atoms with E-state index >= 15 is 0 Å². The van der Waals surface area contributed by atoms with Crippen LogP contribution >= 0.6 is 0 Å². The van der Waals surface area contributed by atoms with Crippen LogP contribution in [0, 0.1) is 5.92 Å². The summed E-state index contributed by atoms with van der Waals surface area (Å²) in [6, 6.07) is -0.337. The van der Waals surface area contributed by atoms with Crippen molar-refractivity contribution in [3.8, 4) is 0 Å². The molecule has 0 aliphatic carbocycles. The van der Waals surface area contributed by atoms with Crippen molar-refractivity contribution in [2.45, 2.75) is 38.6 Å². The van der Waals surface area contributed by atoms with Crippen molar-refractivity contribution in [3.63, 3.8) is 0 Å². The highest BCUT2D eigenvalue weighted by atomic mass is 16.5. The molecule has 0 radical (unpaired) electrons. The van der Waals surface area contributed by atoms with Gasteiger partial charge in [-0.2, -0.15) is 0 Å². The van der Waals surface area contributed by atoms with Gasteiger partial charge in [0, 0.05) is 6.42 Å². The van der Waals surface area contributed by atoms with E-state index in [0.29, 0.717) is 13.0 Å². The zero-order valence-corrected chi connectivity index (χ0v) is 10.1. The maximum Gasteiger partial charge on any atom is 0.250 e. The first-order valence-corrected chi connectivity index (χ1v) is 6.00. The predicted molar refractivity (Wildman–Crippen MR) is 60.3 cm³/mol. The molecular formula is C11H20N2O4. The normalized spacial score (nSPS) is 23.4. The van der Waals surface area contributed by atoms with Crippen LogP contribution in [0.2, 0.25) is 0 Å². The van der Waals surface area contributed by atoms with Crippen LogP contribution < -0.4 is 10.8 Å². The third-order valence-electron chi connectivity index (χ3n) is 2.88. The average molecular weight is 244 g/mol. The number of carbonyl (C=O) groups excluding carboxylic acids is 2. The van der Waals surface area contributed by atoms with Gasteiger partial charge in [0.05, 0.1) is 25.2 Å². The van der Waals surface area contributed by atoms with Crippen LogP contribution in [0.1, 0.15) is 32.6 Å². The molecule has 1 rings (SSSR count). The largest absolute Gasteiger partial charge is 0.378 e. The van der Waals surface area contributed by atoms with E-state index in [2.05, 4.69) is 12.2 Å². The molecule has 98 valence electrons. The molecule has 1 heterocycles. The maximum absolute atomic E-state index is 11.6. The second kappa shape index (κ2) is 7.24. The van der Waals surface area contributed by atoms with Gasteiger partial charge in [0.2, 0.25) is 5.91 Å². The molecular weight excluding hydrogens is 224 g/mol. The Morgan fingerprint density at radius 2 is 2.12 bits per heavy atom. The van der Waals surface area contributed by atoms with Gasteiger partial charge in [0.15, 0.2) is 0 Å². The van der Waals surface area contributed by atoms with E-state index in [9.17, 15) is 9.59 Å².